The van der Waals surface area contributed by atoms with Crippen LogP contribution in [0.4, 0.5) is 0 Å². The van der Waals surface area contributed by atoms with Gasteiger partial charge in [0.1, 0.15) is 10.7 Å². The molecule has 0 radical (unpaired) electrons. The molecule has 4 rings (SSSR count). The number of aryl methyl sites for hydroxylation is 3. The molecule has 0 spiro atoms. The summed E-state index contributed by atoms with van der Waals surface area (Å²) in [5.41, 5.74) is 2.55. The normalized spacial score (nSPS) is 16.0. The number of carbonyl (C=O) groups excluding carboxylic acids is 1. The zero-order valence-corrected chi connectivity index (χ0v) is 19.5. The molecular weight excluding hydrogens is 441 g/mol. The molecule has 0 aliphatic carbocycles. The van der Waals surface area contributed by atoms with E-state index in [1.807, 2.05) is 32.9 Å². The Kier molecular flexibility index (Phi) is 6.04. The highest BCUT2D eigenvalue weighted by Crippen LogP contribution is 2.39. The summed E-state index contributed by atoms with van der Waals surface area (Å²) in [7, 11) is 0. The van der Waals surface area contributed by atoms with Gasteiger partial charge in [0.05, 0.1) is 4.88 Å². The summed E-state index contributed by atoms with van der Waals surface area (Å²) in [6.45, 7) is 7.52. The Labute approximate surface area is 189 Å². The molecule has 1 saturated heterocycles. The molecule has 0 saturated carbocycles. The lowest BCUT2D eigenvalue weighted by Crippen LogP contribution is -2.44. The number of nitrogens with one attached hydrogen (secondary N) is 1. The van der Waals surface area contributed by atoms with Crippen LogP contribution in [-0.4, -0.2) is 35.6 Å². The van der Waals surface area contributed by atoms with Crippen molar-refractivity contribution in [3.05, 3.63) is 55.8 Å². The minimum atomic E-state index is -0.285. The summed E-state index contributed by atoms with van der Waals surface area (Å²) in [4.78, 5) is 23.6. The molecule has 5 nitrogen and oxygen atoms in total. The fourth-order valence-electron chi connectivity index (χ4n) is 4.24. The third-order valence-electron chi connectivity index (χ3n) is 5.83. The maximum absolute atomic E-state index is 13.2. The van der Waals surface area contributed by atoms with Gasteiger partial charge in [-0.15, -0.1) is 11.3 Å². The minimum Gasteiger partial charge on any atom is -0.381 e. The lowest BCUT2D eigenvalue weighted by Gasteiger charge is -2.38. The standard InChI is InChI=1S/C22H23Cl2N3O2S/c1-12-18-13(2)26-14(3)27-21(18)30-19(12)20(28)25-11-22(6-8-29-9-7-22)16-5-4-15(23)10-17(16)24/h4-5,10H,6-9,11H2,1-3H3,(H,25,28). The van der Waals surface area contributed by atoms with Crippen molar-refractivity contribution in [1.29, 1.82) is 0 Å². The molecule has 0 atom stereocenters. The fourth-order valence-corrected chi connectivity index (χ4v) is 6.05. The van der Waals surface area contributed by atoms with Gasteiger partial charge in [0, 0.05) is 46.3 Å². The highest BCUT2D eigenvalue weighted by Gasteiger charge is 2.37. The lowest BCUT2D eigenvalue weighted by atomic mass is 9.74. The first-order valence-corrected chi connectivity index (χ1v) is 11.4. The molecule has 1 N–H and O–H groups in total. The molecule has 1 aliphatic rings. The van der Waals surface area contributed by atoms with Crippen molar-refractivity contribution >= 4 is 50.7 Å². The predicted octanol–water partition coefficient (Wildman–Crippen LogP) is 5.40. The van der Waals surface area contributed by atoms with E-state index in [4.69, 9.17) is 27.9 Å². The van der Waals surface area contributed by atoms with Gasteiger partial charge in [-0.05, 0) is 56.9 Å². The predicted molar refractivity (Wildman–Crippen MR) is 122 cm³/mol. The highest BCUT2D eigenvalue weighted by atomic mass is 35.5. The molecule has 3 heterocycles. The molecule has 158 valence electrons. The van der Waals surface area contributed by atoms with E-state index < -0.39 is 0 Å². The molecule has 3 aromatic rings. The van der Waals surface area contributed by atoms with Crippen molar-refractivity contribution in [1.82, 2.24) is 15.3 Å². The highest BCUT2D eigenvalue weighted by molar-refractivity contribution is 7.20. The van der Waals surface area contributed by atoms with Gasteiger partial charge in [0.2, 0.25) is 0 Å². The number of hydrogen-bond donors (Lipinski definition) is 1. The van der Waals surface area contributed by atoms with Crippen LogP contribution in [0.15, 0.2) is 18.2 Å². The number of fused-ring (bicyclic) bond motifs is 1. The third kappa shape index (κ3) is 3.94. The number of hydrogen-bond acceptors (Lipinski definition) is 5. The van der Waals surface area contributed by atoms with Crippen LogP contribution < -0.4 is 5.32 Å². The number of thiophene rings is 1. The maximum Gasteiger partial charge on any atom is 0.261 e. The number of rotatable bonds is 4. The number of nitrogens with zero attached hydrogens (tertiary/aromatic N) is 2. The largest absolute Gasteiger partial charge is 0.381 e. The molecule has 1 fully saturated rings. The number of carbonyl (C=O) groups is 1. The molecule has 1 aromatic carbocycles. The van der Waals surface area contributed by atoms with E-state index in [-0.39, 0.29) is 11.3 Å². The van der Waals surface area contributed by atoms with Crippen LogP contribution in [0.5, 0.6) is 0 Å². The number of aromatic nitrogens is 2. The van der Waals surface area contributed by atoms with Crippen molar-refractivity contribution in [2.45, 2.75) is 39.0 Å². The average Bonchev–Trinajstić information content (AvgIpc) is 3.03. The van der Waals surface area contributed by atoms with Gasteiger partial charge in [0.25, 0.3) is 5.91 Å². The number of halogens is 2. The summed E-state index contributed by atoms with van der Waals surface area (Å²) in [5, 5.41) is 5.35. The molecule has 1 aliphatic heterocycles. The van der Waals surface area contributed by atoms with Gasteiger partial charge in [-0.1, -0.05) is 29.3 Å². The second-order valence-electron chi connectivity index (χ2n) is 7.79. The smallest absolute Gasteiger partial charge is 0.261 e. The van der Waals surface area contributed by atoms with Gasteiger partial charge in [-0.3, -0.25) is 4.79 Å². The monoisotopic (exact) mass is 463 g/mol. The first kappa shape index (κ1) is 21.5. The van der Waals surface area contributed by atoms with E-state index in [1.54, 1.807) is 6.07 Å². The van der Waals surface area contributed by atoms with E-state index in [0.717, 1.165) is 39.9 Å². The molecular formula is C22H23Cl2N3O2S. The Balaban J connectivity index is 1.63. The number of ether oxygens (including phenoxy) is 1. The van der Waals surface area contributed by atoms with Crippen LogP contribution in [0.3, 0.4) is 0 Å². The molecule has 8 heteroatoms. The average molecular weight is 464 g/mol. The summed E-state index contributed by atoms with van der Waals surface area (Å²) in [5.74, 6) is 0.621. The maximum atomic E-state index is 13.2. The van der Waals surface area contributed by atoms with Gasteiger partial charge in [-0.2, -0.15) is 0 Å². The quantitative estimate of drug-likeness (QED) is 0.562. The van der Waals surface area contributed by atoms with E-state index in [2.05, 4.69) is 15.3 Å². The molecule has 0 bridgehead atoms. The van der Waals surface area contributed by atoms with Crippen LogP contribution >= 0.6 is 34.5 Å². The third-order valence-corrected chi connectivity index (χ3v) is 7.56. The summed E-state index contributed by atoms with van der Waals surface area (Å²) < 4.78 is 5.59. The summed E-state index contributed by atoms with van der Waals surface area (Å²) in [6.07, 6.45) is 1.56. The second kappa shape index (κ2) is 8.42. The Morgan fingerprint density at radius 2 is 1.93 bits per heavy atom. The fraction of sp³-hybridized carbons (Fsp3) is 0.409. The van der Waals surface area contributed by atoms with E-state index in [0.29, 0.717) is 40.5 Å². The Hall–Kier alpha value is -1.73. The van der Waals surface area contributed by atoms with Crippen molar-refractivity contribution in [2.75, 3.05) is 19.8 Å². The van der Waals surface area contributed by atoms with Crippen molar-refractivity contribution in [3.8, 4) is 0 Å². The zero-order valence-electron chi connectivity index (χ0n) is 17.1. The lowest BCUT2D eigenvalue weighted by molar-refractivity contribution is 0.0488. The summed E-state index contributed by atoms with van der Waals surface area (Å²) in [6, 6.07) is 5.58. The number of amides is 1. The van der Waals surface area contributed by atoms with Crippen LogP contribution in [0.25, 0.3) is 10.2 Å². The molecule has 2 aromatic heterocycles. The Morgan fingerprint density at radius 3 is 2.63 bits per heavy atom. The van der Waals surface area contributed by atoms with Crippen LogP contribution in [0, 0.1) is 20.8 Å². The SMILES string of the molecule is Cc1nc(C)c2c(C)c(C(=O)NCC3(c4ccc(Cl)cc4Cl)CCOCC3)sc2n1. The topological polar surface area (TPSA) is 64.1 Å². The van der Waals surface area contributed by atoms with Crippen molar-refractivity contribution in [3.63, 3.8) is 0 Å². The molecule has 1 amide bonds. The first-order valence-electron chi connectivity index (χ1n) is 9.86. The van der Waals surface area contributed by atoms with E-state index in [9.17, 15) is 4.79 Å². The van der Waals surface area contributed by atoms with Crippen LogP contribution in [0.1, 0.15) is 45.2 Å². The minimum absolute atomic E-state index is 0.0940. The van der Waals surface area contributed by atoms with Crippen LogP contribution in [0.2, 0.25) is 10.0 Å². The van der Waals surface area contributed by atoms with E-state index in [1.165, 1.54) is 11.3 Å². The van der Waals surface area contributed by atoms with E-state index >= 15 is 0 Å². The van der Waals surface area contributed by atoms with Crippen molar-refractivity contribution < 1.29 is 9.53 Å². The second-order valence-corrected chi connectivity index (χ2v) is 9.63. The van der Waals surface area contributed by atoms with Gasteiger partial charge in [0.15, 0.2) is 0 Å². The molecule has 0 unspecified atom stereocenters. The van der Waals surface area contributed by atoms with Crippen LogP contribution in [-0.2, 0) is 10.2 Å². The Morgan fingerprint density at radius 1 is 1.20 bits per heavy atom. The zero-order chi connectivity index (χ0) is 21.5. The Bertz CT molecular complexity index is 1120. The first-order chi connectivity index (χ1) is 14.3. The van der Waals surface area contributed by atoms with Gasteiger partial charge < -0.3 is 10.1 Å². The summed E-state index contributed by atoms with van der Waals surface area (Å²) >= 11 is 14.1. The number of benzene rings is 1. The molecule has 30 heavy (non-hydrogen) atoms. The van der Waals surface area contributed by atoms with Gasteiger partial charge in [-0.25, -0.2) is 9.97 Å². The van der Waals surface area contributed by atoms with Crippen molar-refractivity contribution in [2.24, 2.45) is 0 Å². The van der Waals surface area contributed by atoms with Gasteiger partial charge >= 0.3 is 0 Å².